The van der Waals surface area contributed by atoms with Crippen LogP contribution < -0.4 is 0 Å². The van der Waals surface area contributed by atoms with Crippen LogP contribution in [-0.2, 0) is 0 Å². The third-order valence-corrected chi connectivity index (χ3v) is 4.71. The number of aromatic nitrogens is 2. The summed E-state index contributed by atoms with van der Waals surface area (Å²) in [6.45, 7) is 0. The molecule has 1 aromatic carbocycles. The molecule has 0 radical (unpaired) electrons. The Kier molecular flexibility index (Phi) is 2.49. The van der Waals surface area contributed by atoms with Gasteiger partial charge < -0.3 is 9.67 Å². The molecule has 0 bridgehead atoms. The first-order valence-electron chi connectivity index (χ1n) is 7.15. The highest BCUT2D eigenvalue weighted by Gasteiger charge is 2.38. The minimum atomic E-state index is -0.180. The van der Waals surface area contributed by atoms with Crippen LogP contribution in [0.4, 0.5) is 0 Å². The molecule has 1 fully saturated rings. The molecular weight excluding hydrogens is 236 g/mol. The lowest BCUT2D eigenvalue weighted by Gasteiger charge is -2.33. The fraction of sp³-hybridized carbons (Fsp3) is 0.438. The number of nitrogens with zero attached hydrogens (tertiary/aromatic N) is 2. The van der Waals surface area contributed by atoms with E-state index in [0.29, 0.717) is 5.92 Å². The molecule has 1 aliphatic carbocycles. The lowest BCUT2D eigenvalue weighted by Crippen LogP contribution is -2.31. The molecule has 19 heavy (non-hydrogen) atoms. The summed E-state index contributed by atoms with van der Waals surface area (Å²) in [4.78, 5) is 4.29. The summed E-state index contributed by atoms with van der Waals surface area (Å²) in [6, 6.07) is 8.81. The molecule has 0 amide bonds. The summed E-state index contributed by atoms with van der Waals surface area (Å²) in [5, 5.41) is 10.4. The maximum Gasteiger partial charge on any atom is 0.0956 e. The zero-order valence-electron chi connectivity index (χ0n) is 10.9. The minimum absolute atomic E-state index is 0.180. The highest BCUT2D eigenvalue weighted by molar-refractivity contribution is 5.69. The Morgan fingerprint density at radius 2 is 2.00 bits per heavy atom. The van der Waals surface area contributed by atoms with Crippen LogP contribution in [0.15, 0.2) is 36.8 Å². The normalized spacial score (nSPS) is 29.0. The molecule has 4 rings (SSSR count). The van der Waals surface area contributed by atoms with Crippen LogP contribution in [-0.4, -0.2) is 20.8 Å². The maximum atomic E-state index is 10.4. The van der Waals surface area contributed by atoms with E-state index >= 15 is 0 Å². The molecule has 3 atom stereocenters. The van der Waals surface area contributed by atoms with Crippen molar-refractivity contribution >= 4 is 0 Å². The molecule has 1 saturated carbocycles. The number of fused-ring (bicyclic) bond motifs is 3. The smallest absolute Gasteiger partial charge is 0.0956 e. The van der Waals surface area contributed by atoms with Crippen molar-refractivity contribution in [1.82, 2.24) is 9.55 Å². The maximum absolute atomic E-state index is 10.4. The Morgan fingerprint density at radius 3 is 2.89 bits per heavy atom. The first kappa shape index (κ1) is 11.2. The molecular formula is C16H18N2O. The quantitative estimate of drug-likeness (QED) is 0.849. The monoisotopic (exact) mass is 254 g/mol. The molecule has 0 saturated heterocycles. The van der Waals surface area contributed by atoms with Gasteiger partial charge in [-0.1, -0.05) is 37.1 Å². The van der Waals surface area contributed by atoms with Crippen LogP contribution in [0.5, 0.6) is 0 Å². The Balaban J connectivity index is 1.84. The Morgan fingerprint density at radius 1 is 1.16 bits per heavy atom. The molecule has 3 nitrogen and oxygen atoms in total. The van der Waals surface area contributed by atoms with Gasteiger partial charge in [-0.05, 0) is 18.4 Å². The van der Waals surface area contributed by atoms with E-state index < -0.39 is 0 Å². The predicted octanol–water partition coefficient (Wildman–Crippen LogP) is 3.00. The number of rotatable bonds is 1. The summed E-state index contributed by atoms with van der Waals surface area (Å²) in [5.74, 6) is 0.324. The van der Waals surface area contributed by atoms with Gasteiger partial charge in [0.25, 0.3) is 0 Å². The van der Waals surface area contributed by atoms with Crippen LogP contribution in [0.25, 0.3) is 11.3 Å². The van der Waals surface area contributed by atoms with E-state index in [1.807, 2.05) is 12.5 Å². The van der Waals surface area contributed by atoms with E-state index in [0.717, 1.165) is 19.3 Å². The van der Waals surface area contributed by atoms with Gasteiger partial charge in [0, 0.05) is 11.5 Å². The number of aliphatic hydroxyl groups is 1. The van der Waals surface area contributed by atoms with Crippen molar-refractivity contribution in [2.45, 2.75) is 37.8 Å². The predicted molar refractivity (Wildman–Crippen MR) is 73.8 cm³/mol. The van der Waals surface area contributed by atoms with E-state index in [1.165, 1.54) is 23.2 Å². The standard InChI is InChI=1S/C16H18N2O/c19-15-8-4-3-7-13(15)16-12-6-2-1-5-11(12)14-9-17-10-18(14)16/h1-2,5-6,9-10,13,15-16,19H,3-4,7-8H2/t13?,15-,16-/m0/s1. The van der Waals surface area contributed by atoms with Crippen LogP contribution in [0.2, 0.25) is 0 Å². The zero-order chi connectivity index (χ0) is 12.8. The number of hydrogen-bond acceptors (Lipinski definition) is 2. The van der Waals surface area contributed by atoms with Crippen LogP contribution in [0.1, 0.15) is 37.3 Å². The van der Waals surface area contributed by atoms with Gasteiger partial charge in [0.1, 0.15) is 0 Å². The summed E-state index contributed by atoms with van der Waals surface area (Å²) in [6.07, 6.45) is 8.11. The van der Waals surface area contributed by atoms with Crippen LogP contribution in [0, 0.1) is 5.92 Å². The fourth-order valence-corrected chi connectivity index (χ4v) is 3.82. The van der Waals surface area contributed by atoms with Gasteiger partial charge in [-0.15, -0.1) is 0 Å². The third-order valence-electron chi connectivity index (χ3n) is 4.71. The number of benzene rings is 1. The van der Waals surface area contributed by atoms with Crippen molar-refractivity contribution in [1.29, 1.82) is 0 Å². The van der Waals surface area contributed by atoms with Crippen molar-refractivity contribution in [2.75, 3.05) is 0 Å². The molecule has 0 spiro atoms. The molecule has 1 N–H and O–H groups in total. The first-order chi connectivity index (χ1) is 9.36. The zero-order valence-corrected chi connectivity index (χ0v) is 10.9. The van der Waals surface area contributed by atoms with Gasteiger partial charge in [0.2, 0.25) is 0 Å². The van der Waals surface area contributed by atoms with Gasteiger partial charge in [0.05, 0.1) is 30.4 Å². The average Bonchev–Trinajstić information content (AvgIpc) is 3.00. The molecule has 1 unspecified atom stereocenters. The van der Waals surface area contributed by atoms with E-state index in [4.69, 9.17) is 0 Å². The molecule has 1 aliphatic heterocycles. The van der Waals surface area contributed by atoms with Gasteiger partial charge in [-0.3, -0.25) is 0 Å². The summed E-state index contributed by atoms with van der Waals surface area (Å²) in [5.41, 5.74) is 3.83. The molecule has 2 aliphatic rings. The number of aliphatic hydroxyl groups excluding tert-OH is 1. The van der Waals surface area contributed by atoms with Crippen molar-refractivity contribution < 1.29 is 5.11 Å². The lowest BCUT2D eigenvalue weighted by atomic mass is 9.79. The van der Waals surface area contributed by atoms with Crippen molar-refractivity contribution in [3.8, 4) is 11.3 Å². The van der Waals surface area contributed by atoms with Gasteiger partial charge in [-0.2, -0.15) is 0 Å². The molecule has 98 valence electrons. The largest absolute Gasteiger partial charge is 0.393 e. The topological polar surface area (TPSA) is 38.1 Å². The second-order valence-corrected chi connectivity index (χ2v) is 5.73. The number of imidazole rings is 1. The van der Waals surface area contributed by atoms with E-state index in [1.54, 1.807) is 0 Å². The Bertz CT molecular complexity index is 604. The second-order valence-electron chi connectivity index (χ2n) is 5.73. The van der Waals surface area contributed by atoms with E-state index in [-0.39, 0.29) is 12.1 Å². The summed E-state index contributed by atoms with van der Waals surface area (Å²) in [7, 11) is 0. The van der Waals surface area contributed by atoms with Crippen molar-refractivity contribution in [3.05, 3.63) is 42.4 Å². The van der Waals surface area contributed by atoms with Crippen LogP contribution in [0.3, 0.4) is 0 Å². The molecule has 1 aromatic heterocycles. The third kappa shape index (κ3) is 1.58. The van der Waals surface area contributed by atoms with E-state index in [2.05, 4.69) is 33.8 Å². The van der Waals surface area contributed by atoms with Crippen molar-refractivity contribution in [3.63, 3.8) is 0 Å². The Labute approximate surface area is 112 Å². The highest BCUT2D eigenvalue weighted by atomic mass is 16.3. The fourth-order valence-electron chi connectivity index (χ4n) is 3.82. The summed E-state index contributed by atoms with van der Waals surface area (Å²) >= 11 is 0. The minimum Gasteiger partial charge on any atom is -0.393 e. The Hall–Kier alpha value is -1.61. The van der Waals surface area contributed by atoms with Gasteiger partial charge in [0.15, 0.2) is 0 Å². The SMILES string of the molecule is O[C@H]1CCCCC1[C@@H]1c2ccccc2-c2cncn21. The van der Waals surface area contributed by atoms with E-state index in [9.17, 15) is 5.11 Å². The number of hydrogen-bond donors (Lipinski definition) is 1. The molecule has 3 heteroatoms. The van der Waals surface area contributed by atoms with Crippen molar-refractivity contribution in [2.24, 2.45) is 5.92 Å². The molecule has 2 heterocycles. The molecule has 2 aromatic rings. The lowest BCUT2D eigenvalue weighted by molar-refractivity contribution is 0.0504. The van der Waals surface area contributed by atoms with Gasteiger partial charge >= 0.3 is 0 Å². The first-order valence-corrected chi connectivity index (χ1v) is 7.15. The highest BCUT2D eigenvalue weighted by Crippen LogP contribution is 2.46. The van der Waals surface area contributed by atoms with Crippen LogP contribution >= 0.6 is 0 Å². The average molecular weight is 254 g/mol. The summed E-state index contributed by atoms with van der Waals surface area (Å²) < 4.78 is 2.25. The second kappa shape index (κ2) is 4.20. The van der Waals surface area contributed by atoms with Gasteiger partial charge in [-0.25, -0.2) is 4.98 Å².